The second kappa shape index (κ2) is 7.98. The zero-order chi connectivity index (χ0) is 13.1. The van der Waals surface area contributed by atoms with Gasteiger partial charge in [0.25, 0.3) is 0 Å². The fourth-order valence-electron chi connectivity index (χ4n) is 1.79. The normalized spacial score (nSPS) is 9.38. The Balaban J connectivity index is 0.00000110. The molecule has 0 aliphatic carbocycles. The smallest absolute Gasteiger partial charge is 0.344 e. The molecule has 0 amide bonds. The van der Waals surface area contributed by atoms with Gasteiger partial charge in [-0.05, 0) is 36.4 Å². The van der Waals surface area contributed by atoms with E-state index in [0.717, 1.165) is 22.8 Å². The Morgan fingerprint density at radius 1 is 0.714 bits per heavy atom. The molecule has 0 aromatic carbocycles. The largest absolute Gasteiger partial charge is 2.00 e. The minimum atomic E-state index is 0. The molecule has 3 aromatic rings. The number of pyridine rings is 3. The zero-order valence-electron chi connectivity index (χ0n) is 11.0. The van der Waals surface area contributed by atoms with Crippen LogP contribution < -0.4 is 6.15 Å². The Bertz CT molecular complexity index is 635. The van der Waals surface area contributed by atoms with Crippen molar-refractivity contribution in [2.75, 3.05) is 0 Å². The van der Waals surface area contributed by atoms with Crippen LogP contribution in [0.25, 0.3) is 22.8 Å². The summed E-state index contributed by atoms with van der Waals surface area (Å²) in [4.78, 5) is 13.1. The molecule has 4 nitrogen and oxygen atoms in total. The number of hydrogen-bond donors (Lipinski definition) is 1. The van der Waals surface area contributed by atoms with Gasteiger partial charge in [0.05, 0.1) is 22.8 Å². The Labute approximate surface area is 142 Å². The van der Waals surface area contributed by atoms with E-state index in [4.69, 9.17) is 11.6 Å². The Kier molecular flexibility index (Phi) is 6.63. The van der Waals surface area contributed by atoms with Gasteiger partial charge in [0.1, 0.15) is 0 Å². The predicted molar refractivity (Wildman–Crippen MR) is 80.7 cm³/mol. The molecule has 3 aromatic heterocycles. The summed E-state index contributed by atoms with van der Waals surface area (Å²) < 4.78 is 0. The van der Waals surface area contributed by atoms with Gasteiger partial charge < -0.3 is 6.15 Å². The van der Waals surface area contributed by atoms with Gasteiger partial charge in [-0.1, -0.05) is 23.7 Å². The van der Waals surface area contributed by atoms with Crippen molar-refractivity contribution in [3.8, 4) is 22.8 Å². The van der Waals surface area contributed by atoms with E-state index in [1.54, 1.807) is 24.5 Å². The Morgan fingerprint density at radius 3 is 1.57 bits per heavy atom. The summed E-state index contributed by atoms with van der Waals surface area (Å²) in [6.45, 7) is 0. The van der Waals surface area contributed by atoms with Gasteiger partial charge in [0.15, 0.2) is 0 Å². The van der Waals surface area contributed by atoms with Crippen LogP contribution in [0.4, 0.5) is 0 Å². The molecule has 0 unspecified atom stereocenters. The molecule has 3 N–H and O–H groups in total. The third kappa shape index (κ3) is 4.18. The molecule has 0 aliphatic heterocycles. The van der Waals surface area contributed by atoms with E-state index in [2.05, 4.69) is 15.0 Å². The van der Waals surface area contributed by atoms with Crippen molar-refractivity contribution in [3.63, 3.8) is 0 Å². The summed E-state index contributed by atoms with van der Waals surface area (Å²) in [5.74, 6) is 0. The van der Waals surface area contributed by atoms with E-state index in [0.29, 0.717) is 5.02 Å². The number of halogens is 1. The first-order valence-electron chi connectivity index (χ1n) is 5.83. The van der Waals surface area contributed by atoms with E-state index in [9.17, 15) is 0 Å². The van der Waals surface area contributed by atoms with E-state index in [1.807, 2.05) is 36.4 Å². The maximum atomic E-state index is 6.15. The van der Waals surface area contributed by atoms with Crippen LogP contribution in [0.1, 0.15) is 0 Å². The van der Waals surface area contributed by atoms with Gasteiger partial charge >= 0.3 is 21.1 Å². The Morgan fingerprint density at radius 2 is 1.19 bits per heavy atom. The Hall–Kier alpha value is -1.61. The molecule has 0 bridgehead atoms. The third-order valence-electron chi connectivity index (χ3n) is 2.64. The average Bonchev–Trinajstić information content (AvgIpc) is 2.48. The number of hydrogen-bond acceptors (Lipinski definition) is 4. The maximum absolute atomic E-state index is 6.15. The maximum Gasteiger partial charge on any atom is 2.00 e. The average molecular weight is 480 g/mol. The summed E-state index contributed by atoms with van der Waals surface area (Å²) in [6.07, 6.45) is 3.47. The van der Waals surface area contributed by atoms with Gasteiger partial charge in [0.2, 0.25) is 0 Å². The molecule has 0 saturated carbocycles. The minimum absolute atomic E-state index is 0. The molecule has 0 fully saturated rings. The minimum Gasteiger partial charge on any atom is -0.344 e. The van der Waals surface area contributed by atoms with Crippen LogP contribution in [0.2, 0.25) is 5.02 Å². The molecule has 108 valence electrons. The van der Waals surface area contributed by atoms with Crippen LogP contribution in [0.15, 0.2) is 60.9 Å². The second-order valence-electron chi connectivity index (χ2n) is 3.99. The van der Waals surface area contributed by atoms with Crippen molar-refractivity contribution < 1.29 is 21.1 Å². The summed E-state index contributed by atoms with van der Waals surface area (Å²) in [7, 11) is 0. The summed E-state index contributed by atoms with van der Waals surface area (Å²) in [5.41, 5.74) is 3.08. The van der Waals surface area contributed by atoms with Crippen LogP contribution in [0.3, 0.4) is 0 Å². The zero-order valence-corrected chi connectivity index (χ0v) is 14.0. The second-order valence-corrected chi connectivity index (χ2v) is 4.42. The van der Waals surface area contributed by atoms with Gasteiger partial charge in [0, 0.05) is 17.4 Å². The van der Waals surface area contributed by atoms with Crippen LogP contribution in [0, 0.1) is 0 Å². The molecular formula is C15H13ClN4Pt+2. The molecule has 6 heteroatoms. The molecule has 0 radical (unpaired) electrons. The molecule has 3 heterocycles. The van der Waals surface area contributed by atoms with Crippen molar-refractivity contribution in [1.29, 1.82) is 0 Å². The van der Waals surface area contributed by atoms with E-state index < -0.39 is 0 Å². The number of nitrogens with zero attached hydrogens (tertiary/aromatic N) is 3. The molecular weight excluding hydrogens is 467 g/mol. The SMILES string of the molecule is Clc1cc(-c2ccccn2)nc(-c2ccccn2)c1.N.[Pt+2]. The first-order valence-corrected chi connectivity index (χ1v) is 6.21. The first kappa shape index (κ1) is 17.4. The quantitative estimate of drug-likeness (QED) is 0.602. The number of rotatable bonds is 2. The molecule has 0 spiro atoms. The monoisotopic (exact) mass is 479 g/mol. The van der Waals surface area contributed by atoms with Crippen LogP contribution in [-0.4, -0.2) is 15.0 Å². The van der Waals surface area contributed by atoms with Gasteiger partial charge in [-0.15, -0.1) is 0 Å². The van der Waals surface area contributed by atoms with Gasteiger partial charge in [-0.25, -0.2) is 4.98 Å². The molecule has 21 heavy (non-hydrogen) atoms. The van der Waals surface area contributed by atoms with E-state index in [1.165, 1.54) is 0 Å². The van der Waals surface area contributed by atoms with Crippen molar-refractivity contribution in [2.24, 2.45) is 0 Å². The summed E-state index contributed by atoms with van der Waals surface area (Å²) in [5, 5.41) is 0.622. The van der Waals surface area contributed by atoms with Crippen molar-refractivity contribution in [1.82, 2.24) is 21.1 Å². The molecule has 3 rings (SSSR count). The van der Waals surface area contributed by atoms with Gasteiger partial charge in [-0.3, -0.25) is 9.97 Å². The molecule has 0 saturated heterocycles. The van der Waals surface area contributed by atoms with Gasteiger partial charge in [-0.2, -0.15) is 0 Å². The summed E-state index contributed by atoms with van der Waals surface area (Å²) in [6, 6.07) is 15.0. The van der Waals surface area contributed by atoms with Crippen molar-refractivity contribution in [2.45, 2.75) is 0 Å². The molecule has 0 aliphatic rings. The third-order valence-corrected chi connectivity index (χ3v) is 2.86. The topological polar surface area (TPSA) is 73.7 Å². The number of aromatic nitrogens is 3. The molecule has 0 atom stereocenters. The fraction of sp³-hybridized carbons (Fsp3) is 0. The van der Waals surface area contributed by atoms with Crippen molar-refractivity contribution in [3.05, 3.63) is 65.9 Å². The summed E-state index contributed by atoms with van der Waals surface area (Å²) >= 11 is 6.15. The van der Waals surface area contributed by atoms with Crippen LogP contribution >= 0.6 is 11.6 Å². The fourth-order valence-corrected chi connectivity index (χ4v) is 1.99. The van der Waals surface area contributed by atoms with Crippen LogP contribution in [-0.2, 0) is 21.1 Å². The van der Waals surface area contributed by atoms with Crippen molar-refractivity contribution >= 4 is 11.6 Å². The van der Waals surface area contributed by atoms with E-state index >= 15 is 0 Å². The first-order chi connectivity index (χ1) is 9.33. The van der Waals surface area contributed by atoms with Crippen LogP contribution in [0.5, 0.6) is 0 Å². The predicted octanol–water partition coefficient (Wildman–Crippen LogP) is 4.02. The van der Waals surface area contributed by atoms with E-state index in [-0.39, 0.29) is 27.2 Å². The standard InChI is InChI=1S/C15H10ClN3.H3N.Pt/c16-11-9-14(12-5-1-3-7-17-12)19-15(10-11)13-6-2-4-8-18-13;;/h1-10H;1H3;/q;;+2.